The van der Waals surface area contributed by atoms with Crippen molar-refractivity contribution in [2.24, 2.45) is 0 Å². The summed E-state index contributed by atoms with van der Waals surface area (Å²) in [7, 11) is 0. The Balaban J connectivity index is 0.000000608. The number of hydrogen-bond donors (Lipinski definition) is 0. The second-order valence-corrected chi connectivity index (χ2v) is 27.0. The first kappa shape index (κ1) is 46.1. The Morgan fingerprint density at radius 3 is 1.30 bits per heavy atom. The van der Waals surface area contributed by atoms with E-state index in [4.69, 9.17) is 126 Å². The molecule has 0 saturated carbocycles. The van der Waals surface area contributed by atoms with Gasteiger partial charge >= 0.3 is 59.6 Å². The van der Waals surface area contributed by atoms with Crippen LogP contribution < -0.4 is 0 Å². The molecular weight excluding hydrogens is 896 g/mol. The summed E-state index contributed by atoms with van der Waals surface area (Å²) in [6.45, 7) is 0. The molecule has 46 heavy (non-hydrogen) atoms. The summed E-state index contributed by atoms with van der Waals surface area (Å²) in [4.78, 5) is 10.8. The first-order valence-electron chi connectivity index (χ1n) is 10.8. The number of carbonyl (C=O) groups excluding carboxylic acids is 1. The minimum absolute atomic E-state index is 0.182. The van der Waals surface area contributed by atoms with Crippen LogP contribution >= 0.6 is 129 Å². The zero-order valence-corrected chi connectivity index (χ0v) is 30.6. The number of rotatable bonds is 5. The van der Waals surface area contributed by atoms with Crippen LogP contribution in [0.3, 0.4) is 0 Å². The van der Waals surface area contributed by atoms with Gasteiger partial charge in [0.15, 0.2) is 45.0 Å². The number of alkyl halides is 4. The average Bonchev–Trinajstić information content (AvgIpc) is 2.93. The van der Waals surface area contributed by atoms with Crippen LogP contribution in [0.15, 0.2) is 41.9 Å². The quantitative estimate of drug-likeness (QED) is 0.0820. The van der Waals surface area contributed by atoms with E-state index in [0.717, 1.165) is 5.54 Å². The van der Waals surface area contributed by atoms with Crippen molar-refractivity contribution in [3.63, 3.8) is 0 Å². The van der Waals surface area contributed by atoms with Crippen LogP contribution in [0.4, 0.5) is 39.5 Å². The second-order valence-electron chi connectivity index (χ2n) is 7.73. The summed E-state index contributed by atoms with van der Waals surface area (Å²) in [5, 5.41) is -0.182. The van der Waals surface area contributed by atoms with Crippen molar-refractivity contribution in [1.29, 1.82) is 0 Å². The fourth-order valence-corrected chi connectivity index (χ4v) is 3.29. The molecule has 0 heterocycles. The number of ketones is 1. The molecule has 0 unspecified atom stereocenters. The van der Waals surface area contributed by atoms with Crippen LogP contribution in [-0.4, -0.2) is 17.5 Å². The van der Waals surface area contributed by atoms with Crippen molar-refractivity contribution in [1.82, 2.24) is 0 Å². The SMILES string of the molecule is ClP(Cl)(Cl)(Cl)Cl.Fc1cc(F)c(C(Cl)(Cl)CCl)cc1F.Fc1cc(F)c(C(Cl)=CCl)cc1F.O=C(CCl)c1cc(F)c(F)cc1F. The van der Waals surface area contributed by atoms with Gasteiger partial charge < -0.3 is 0 Å². The predicted octanol–water partition coefficient (Wildman–Crippen LogP) is 14.7. The van der Waals surface area contributed by atoms with Gasteiger partial charge in [-0.25, -0.2) is 39.5 Å². The normalized spacial score (nSPS) is 12.3. The summed E-state index contributed by atoms with van der Waals surface area (Å²) in [6, 6.07) is 2.83. The number of benzene rings is 3. The van der Waals surface area contributed by atoms with E-state index in [2.05, 4.69) is 0 Å². The average molecular weight is 907 g/mol. The van der Waals surface area contributed by atoms with Gasteiger partial charge in [0.2, 0.25) is 0 Å². The fourth-order valence-electron chi connectivity index (χ4n) is 2.45. The van der Waals surface area contributed by atoms with Crippen LogP contribution in [0.2, 0.25) is 0 Å². The third-order valence-corrected chi connectivity index (χ3v) is 6.60. The number of carbonyl (C=O) groups is 1. The van der Waals surface area contributed by atoms with Gasteiger partial charge in [-0.05, 0) is 18.2 Å². The van der Waals surface area contributed by atoms with E-state index in [0.29, 0.717) is 36.4 Å². The summed E-state index contributed by atoms with van der Waals surface area (Å²) in [6.07, 6.45) is 0. The van der Waals surface area contributed by atoms with E-state index in [9.17, 15) is 44.3 Å². The van der Waals surface area contributed by atoms with Crippen molar-refractivity contribution in [3.05, 3.63) is 111 Å². The molecule has 0 aliphatic rings. The molecule has 258 valence electrons. The molecule has 0 radical (unpaired) electrons. The Morgan fingerprint density at radius 2 is 0.935 bits per heavy atom. The zero-order chi connectivity index (χ0) is 36.4. The van der Waals surface area contributed by atoms with Gasteiger partial charge in [0.05, 0.1) is 22.4 Å². The number of hydrogen-bond acceptors (Lipinski definition) is 1. The fraction of sp³-hybridized carbons (Fsp3) is 0.125. The Hall–Kier alpha value is 0.0600. The van der Waals surface area contributed by atoms with E-state index in [1.807, 2.05) is 0 Å². The molecule has 0 N–H and O–H groups in total. The first-order chi connectivity index (χ1) is 20.7. The second kappa shape index (κ2) is 19.5. The molecule has 0 amide bonds. The summed E-state index contributed by atoms with van der Waals surface area (Å²) < 4.78 is 108. The molecule has 0 aromatic heterocycles. The van der Waals surface area contributed by atoms with E-state index >= 15 is 0 Å². The van der Waals surface area contributed by atoms with E-state index in [1.165, 1.54) is 0 Å². The van der Waals surface area contributed by atoms with Gasteiger partial charge in [0, 0.05) is 34.9 Å². The van der Waals surface area contributed by atoms with Crippen LogP contribution in [-0.2, 0) is 4.33 Å². The minimum atomic E-state index is -3.69. The van der Waals surface area contributed by atoms with Crippen molar-refractivity contribution in [2.75, 3.05) is 11.8 Å². The third kappa shape index (κ3) is 17.1. The topological polar surface area (TPSA) is 17.1 Å². The minimum Gasteiger partial charge on any atom is -0.293 e. The molecule has 3 aromatic carbocycles. The molecule has 0 atom stereocenters. The maximum absolute atomic E-state index is 13.1. The monoisotopic (exact) mass is 902 g/mol. The Labute approximate surface area is 309 Å². The van der Waals surface area contributed by atoms with E-state index in [-0.39, 0.29) is 22.0 Å². The molecule has 0 bridgehead atoms. The van der Waals surface area contributed by atoms with Crippen LogP contribution in [0.1, 0.15) is 21.5 Å². The summed E-state index contributed by atoms with van der Waals surface area (Å²) in [5.41, 5.74) is -0.309. The number of Topliss-reactive ketones (excluding diaryl/α,β-unsaturated/α-hetero) is 1. The van der Waals surface area contributed by atoms with E-state index < -0.39 is 77.3 Å². The molecule has 1 nitrogen and oxygen atoms in total. The van der Waals surface area contributed by atoms with E-state index in [1.54, 1.807) is 0 Å². The van der Waals surface area contributed by atoms with Gasteiger partial charge in [-0.2, -0.15) is 0 Å². The molecule has 22 heteroatoms. The standard InChI is InChI=1S/C8H4Cl3F3.C8H3Cl2F3.C8H4ClF3O.Cl5P/c9-3-8(10,11)4-1-6(13)7(14)2-5(4)12;9-3-5(10)4-1-7(12)8(13)2-6(4)11;9-3-8(13)4-1-6(11)7(12)2-5(4)10;1-6(2,3,4)5/h1-2H,3H2;1-3H;1-2H,3H2;. The largest absolute Gasteiger partial charge is 0.293 e. The van der Waals surface area contributed by atoms with Crippen LogP contribution in [0.5, 0.6) is 0 Å². The molecule has 0 spiro atoms. The zero-order valence-electron chi connectivity index (χ0n) is 21.4. The summed E-state index contributed by atoms with van der Waals surface area (Å²) in [5.74, 6) is -12.2. The van der Waals surface area contributed by atoms with Crippen molar-refractivity contribution < 1.29 is 44.3 Å². The number of halogens is 20. The maximum atomic E-state index is 13.1. The van der Waals surface area contributed by atoms with Gasteiger partial charge in [-0.1, -0.05) is 46.4 Å². The predicted molar refractivity (Wildman–Crippen MR) is 174 cm³/mol. The molecular formula is C24H11Cl11F9OP. The summed E-state index contributed by atoms with van der Waals surface area (Å²) >= 11 is 57.1. The van der Waals surface area contributed by atoms with Gasteiger partial charge in [0.1, 0.15) is 17.5 Å². The third-order valence-electron chi connectivity index (χ3n) is 4.37. The Kier molecular flexibility index (Phi) is 19.5. The van der Waals surface area contributed by atoms with Crippen LogP contribution in [0.25, 0.3) is 5.03 Å². The molecule has 3 aromatic rings. The maximum Gasteiger partial charge on any atom is 0.180 e. The smallest absolute Gasteiger partial charge is 0.180 e. The molecule has 0 aliphatic heterocycles. The van der Waals surface area contributed by atoms with Gasteiger partial charge in [0.25, 0.3) is 0 Å². The van der Waals surface area contributed by atoms with Crippen molar-refractivity contribution in [2.45, 2.75) is 4.33 Å². The molecule has 3 rings (SSSR count). The van der Waals surface area contributed by atoms with Crippen LogP contribution in [0, 0.1) is 52.4 Å². The Morgan fingerprint density at radius 1 is 0.609 bits per heavy atom. The van der Waals surface area contributed by atoms with Gasteiger partial charge in [-0.3, -0.25) is 4.79 Å². The van der Waals surface area contributed by atoms with Gasteiger partial charge in [-0.15, -0.1) is 23.2 Å². The molecule has 0 fully saturated rings. The molecule has 0 aliphatic carbocycles. The van der Waals surface area contributed by atoms with Crippen molar-refractivity contribution in [3.8, 4) is 0 Å². The van der Waals surface area contributed by atoms with Crippen molar-refractivity contribution >= 4 is 140 Å². The Bertz CT molecular complexity index is 1550. The first-order valence-corrected chi connectivity index (χ1v) is 20.2. The molecule has 0 saturated heterocycles.